The zero-order valence-corrected chi connectivity index (χ0v) is 26.3. The minimum atomic E-state index is -1.16. The topological polar surface area (TPSA) is 136 Å². The van der Waals surface area contributed by atoms with Crippen molar-refractivity contribution in [3.8, 4) is 5.75 Å². The number of ether oxygens (including phenoxy) is 1. The van der Waals surface area contributed by atoms with Gasteiger partial charge in [0.15, 0.2) is 4.34 Å². The maximum absolute atomic E-state index is 14.1. The van der Waals surface area contributed by atoms with Crippen molar-refractivity contribution in [2.24, 2.45) is 0 Å². The quantitative estimate of drug-likeness (QED) is 0.0307. The van der Waals surface area contributed by atoms with Crippen molar-refractivity contribution in [3.05, 3.63) is 146 Å². The lowest BCUT2D eigenvalue weighted by Gasteiger charge is -2.22. The van der Waals surface area contributed by atoms with Crippen molar-refractivity contribution in [3.63, 3.8) is 0 Å². The lowest BCUT2D eigenvalue weighted by molar-refractivity contribution is -0.384. The Morgan fingerprint density at radius 1 is 0.979 bits per heavy atom. The largest absolute Gasteiger partial charge is 0.507 e. The number of aliphatic hydroxyl groups is 1. The normalized spacial score (nSPS) is 15.6. The van der Waals surface area contributed by atoms with Crippen molar-refractivity contribution in [1.29, 1.82) is 0 Å². The van der Waals surface area contributed by atoms with Gasteiger partial charge in [0, 0.05) is 23.4 Å². The number of aromatic nitrogens is 2. The molecular weight excluding hydrogens is 644 g/mol. The number of carbonyl (C=O) groups is 2. The summed E-state index contributed by atoms with van der Waals surface area (Å²) in [6.07, 6.45) is 0. The van der Waals surface area contributed by atoms with E-state index in [9.17, 15) is 29.2 Å². The predicted octanol–water partition coefficient (Wildman–Crippen LogP) is 7.39. The highest BCUT2D eigenvalue weighted by Crippen LogP contribution is 2.44. The SMILES string of the molecule is Cc1ccccc1COc1ccc(C(O)=C2C(=O)C(=O)N(c3nnc(SCc4ccccc4F)s3)C2c2ccc([N+](=O)[O-])cc2)cc1. The van der Waals surface area contributed by atoms with Crippen LogP contribution in [0.25, 0.3) is 5.76 Å². The fourth-order valence-corrected chi connectivity index (χ4v) is 6.89. The van der Waals surface area contributed by atoms with Gasteiger partial charge in [0.25, 0.3) is 11.5 Å². The van der Waals surface area contributed by atoms with Gasteiger partial charge in [0.05, 0.1) is 16.5 Å². The first-order valence-corrected chi connectivity index (χ1v) is 16.0. The minimum Gasteiger partial charge on any atom is -0.507 e. The average molecular weight is 669 g/mol. The molecule has 1 atom stereocenters. The molecule has 1 aromatic heterocycles. The van der Waals surface area contributed by atoms with Crippen LogP contribution in [-0.2, 0) is 21.9 Å². The fourth-order valence-electron chi connectivity index (χ4n) is 5.03. The van der Waals surface area contributed by atoms with Gasteiger partial charge in [-0.2, -0.15) is 0 Å². The molecule has 10 nitrogen and oxygen atoms in total. The van der Waals surface area contributed by atoms with Crippen LogP contribution >= 0.6 is 23.1 Å². The molecule has 1 aliphatic rings. The molecule has 13 heteroatoms. The number of benzene rings is 4. The first kappa shape index (κ1) is 31.6. The van der Waals surface area contributed by atoms with Gasteiger partial charge in [-0.25, -0.2) is 4.39 Å². The molecule has 2 heterocycles. The van der Waals surface area contributed by atoms with Gasteiger partial charge >= 0.3 is 5.91 Å². The number of hydrogen-bond donors (Lipinski definition) is 1. The summed E-state index contributed by atoms with van der Waals surface area (Å²) in [7, 11) is 0. The molecule has 1 saturated heterocycles. The smallest absolute Gasteiger partial charge is 0.301 e. The number of aryl methyl sites for hydroxylation is 1. The number of ketones is 1. The average Bonchev–Trinajstić information content (AvgIpc) is 3.65. The Kier molecular flexibility index (Phi) is 9.09. The van der Waals surface area contributed by atoms with Crippen molar-refractivity contribution in [2.45, 2.75) is 29.7 Å². The summed E-state index contributed by atoms with van der Waals surface area (Å²) in [6.45, 7) is 2.33. The lowest BCUT2D eigenvalue weighted by atomic mass is 9.95. The van der Waals surface area contributed by atoms with Crippen molar-refractivity contribution < 1.29 is 28.7 Å². The van der Waals surface area contributed by atoms with Crippen LogP contribution < -0.4 is 9.64 Å². The van der Waals surface area contributed by atoms with Gasteiger partial charge in [0.2, 0.25) is 5.13 Å². The maximum Gasteiger partial charge on any atom is 0.301 e. The number of amides is 1. The van der Waals surface area contributed by atoms with Gasteiger partial charge < -0.3 is 9.84 Å². The number of aliphatic hydroxyl groups excluding tert-OH is 1. The highest BCUT2D eigenvalue weighted by Gasteiger charge is 2.48. The summed E-state index contributed by atoms with van der Waals surface area (Å²) in [5.41, 5.74) is 2.77. The van der Waals surface area contributed by atoms with Crippen LogP contribution in [0.3, 0.4) is 0 Å². The van der Waals surface area contributed by atoms with Crippen LogP contribution in [-0.4, -0.2) is 31.9 Å². The van der Waals surface area contributed by atoms with E-state index in [1.165, 1.54) is 42.1 Å². The molecule has 0 bridgehead atoms. The second kappa shape index (κ2) is 13.5. The number of thioether (sulfide) groups is 1. The summed E-state index contributed by atoms with van der Waals surface area (Å²) in [5.74, 6) is -1.91. The van der Waals surface area contributed by atoms with E-state index >= 15 is 0 Å². The number of Topliss-reactive ketones (excluding diaryl/α,β-unsaturated/α-hetero) is 1. The number of nitro groups is 1. The highest BCUT2D eigenvalue weighted by molar-refractivity contribution is 8.00. The van der Waals surface area contributed by atoms with Gasteiger partial charge in [-0.1, -0.05) is 65.6 Å². The first-order valence-electron chi connectivity index (χ1n) is 14.2. The Balaban J connectivity index is 1.32. The van der Waals surface area contributed by atoms with E-state index in [0.29, 0.717) is 27.8 Å². The van der Waals surface area contributed by atoms with Crippen LogP contribution in [0.2, 0.25) is 0 Å². The molecule has 1 unspecified atom stereocenters. The molecule has 1 fully saturated rings. The molecule has 4 aromatic carbocycles. The zero-order valence-electron chi connectivity index (χ0n) is 24.7. The number of hydrogen-bond acceptors (Lipinski definition) is 10. The molecule has 6 rings (SSSR count). The zero-order chi connectivity index (χ0) is 33.1. The van der Waals surface area contributed by atoms with Gasteiger partial charge in [-0.3, -0.25) is 24.6 Å². The second-order valence-electron chi connectivity index (χ2n) is 10.5. The van der Waals surface area contributed by atoms with Gasteiger partial charge in [0.1, 0.15) is 23.9 Å². The van der Waals surface area contributed by atoms with Crippen molar-refractivity contribution >= 4 is 51.4 Å². The molecule has 0 saturated carbocycles. The number of anilines is 1. The van der Waals surface area contributed by atoms with E-state index < -0.39 is 28.4 Å². The van der Waals surface area contributed by atoms with Gasteiger partial charge in [-0.15, -0.1) is 10.2 Å². The third kappa shape index (κ3) is 6.62. The standard InChI is InChI=1S/C34H25FN4O6S2/c1-20-6-2-3-7-23(20)18-45-26-16-12-22(13-17-26)30(40)28-29(21-10-14-25(15-11-21)39(43)44)38(32(42)31(28)41)33-36-37-34(47-33)46-19-24-8-4-5-9-27(24)35/h2-17,29,40H,18-19H2,1H3. The van der Waals surface area contributed by atoms with Crippen molar-refractivity contribution in [1.82, 2.24) is 10.2 Å². The maximum atomic E-state index is 14.1. The molecule has 47 heavy (non-hydrogen) atoms. The van der Waals surface area contributed by atoms with E-state index in [1.807, 2.05) is 31.2 Å². The monoisotopic (exact) mass is 668 g/mol. The summed E-state index contributed by atoms with van der Waals surface area (Å²) in [4.78, 5) is 39.0. The number of nitro benzene ring substituents is 1. The molecule has 236 valence electrons. The Bertz CT molecular complexity index is 2010. The van der Waals surface area contributed by atoms with Crippen LogP contribution in [0, 0.1) is 22.9 Å². The number of non-ortho nitro benzene ring substituents is 1. The third-order valence-corrected chi connectivity index (χ3v) is 9.66. The van der Waals surface area contributed by atoms with E-state index in [1.54, 1.807) is 42.5 Å². The fraction of sp³-hybridized carbons (Fsp3) is 0.118. The molecule has 0 spiro atoms. The predicted molar refractivity (Wildman–Crippen MR) is 176 cm³/mol. The number of halogens is 1. The van der Waals surface area contributed by atoms with Crippen LogP contribution in [0.4, 0.5) is 15.2 Å². The molecule has 1 N–H and O–H groups in total. The summed E-state index contributed by atoms with van der Waals surface area (Å²) < 4.78 is 20.5. The summed E-state index contributed by atoms with van der Waals surface area (Å²) >= 11 is 2.24. The molecule has 1 aliphatic heterocycles. The minimum absolute atomic E-state index is 0.0745. The molecule has 0 radical (unpaired) electrons. The Labute approximate surface area is 276 Å². The van der Waals surface area contributed by atoms with Crippen LogP contribution in [0.5, 0.6) is 5.75 Å². The lowest BCUT2D eigenvalue weighted by Crippen LogP contribution is -2.29. The Morgan fingerprint density at radius 2 is 1.66 bits per heavy atom. The molecule has 0 aliphatic carbocycles. The first-order chi connectivity index (χ1) is 22.7. The summed E-state index contributed by atoms with van der Waals surface area (Å²) in [6, 6.07) is 24.8. The van der Waals surface area contributed by atoms with Crippen molar-refractivity contribution in [2.75, 3.05) is 4.90 Å². The third-order valence-electron chi connectivity index (χ3n) is 7.56. The number of carbonyl (C=O) groups excluding carboxylic acids is 2. The molecular formula is C34H25FN4O6S2. The Hall–Kier alpha value is -5.40. The van der Waals surface area contributed by atoms with Crippen LogP contribution in [0.1, 0.15) is 33.9 Å². The summed E-state index contributed by atoms with van der Waals surface area (Å²) in [5, 5.41) is 31.2. The van der Waals surface area contributed by atoms with E-state index in [0.717, 1.165) is 27.4 Å². The number of nitrogens with zero attached hydrogens (tertiary/aromatic N) is 4. The second-order valence-corrected chi connectivity index (χ2v) is 12.7. The highest BCUT2D eigenvalue weighted by atomic mass is 32.2. The molecule has 5 aromatic rings. The van der Waals surface area contributed by atoms with Crippen LogP contribution in [0.15, 0.2) is 107 Å². The van der Waals surface area contributed by atoms with E-state index in [4.69, 9.17) is 4.74 Å². The van der Waals surface area contributed by atoms with E-state index in [-0.39, 0.29) is 33.5 Å². The molecule has 1 amide bonds. The van der Waals surface area contributed by atoms with Gasteiger partial charge in [-0.05, 0) is 71.6 Å². The van der Waals surface area contributed by atoms with E-state index in [2.05, 4.69) is 10.2 Å². The Morgan fingerprint density at radius 3 is 2.34 bits per heavy atom. The number of rotatable bonds is 10.